The van der Waals surface area contributed by atoms with Crippen molar-refractivity contribution in [3.8, 4) is 0 Å². The highest BCUT2D eigenvalue weighted by Gasteiger charge is 2.32. The molecule has 2 aliphatic heterocycles. The van der Waals surface area contributed by atoms with Crippen molar-refractivity contribution in [3.05, 3.63) is 0 Å². The van der Waals surface area contributed by atoms with E-state index in [0.717, 1.165) is 10.1 Å². The van der Waals surface area contributed by atoms with Crippen LogP contribution >= 0.6 is 22.6 Å². The Kier molecular flexibility index (Phi) is 4.26. The molecule has 2 aliphatic rings. The molecular weight excluding hydrogens is 301 g/mol. The number of likely N-dealkylation sites (tertiary alicyclic amines) is 1. The monoisotopic (exact) mass is 323 g/mol. The van der Waals surface area contributed by atoms with Crippen LogP contribution in [0.15, 0.2) is 0 Å². The van der Waals surface area contributed by atoms with Crippen LogP contribution in [0.5, 0.6) is 0 Å². The highest BCUT2D eigenvalue weighted by molar-refractivity contribution is 14.1. The largest absolute Gasteiger partial charge is 0.301 e. The van der Waals surface area contributed by atoms with Crippen LogP contribution in [0.1, 0.15) is 13.3 Å². The smallest absolute Gasteiger partial charge is 0.0632 e. The van der Waals surface area contributed by atoms with Gasteiger partial charge in [0.1, 0.15) is 0 Å². The van der Waals surface area contributed by atoms with E-state index in [1.165, 1.54) is 45.7 Å². The lowest BCUT2D eigenvalue weighted by atomic mass is 10.2. The molecule has 0 amide bonds. The van der Waals surface area contributed by atoms with Gasteiger partial charge >= 0.3 is 0 Å². The summed E-state index contributed by atoms with van der Waals surface area (Å²) in [6, 6.07) is 0.816. The molecule has 2 fully saturated rings. The fraction of sp³-hybridized carbons (Fsp3) is 1.00. The average molecular weight is 323 g/mol. The van der Waals surface area contributed by atoms with Crippen molar-refractivity contribution in [1.82, 2.24) is 14.7 Å². The van der Waals surface area contributed by atoms with Crippen LogP contribution < -0.4 is 0 Å². The van der Waals surface area contributed by atoms with Crippen LogP contribution in [0.4, 0.5) is 0 Å². The SMILES string of the molecule is CCN1CCN([C@H]2C[C@@H](I)N(C)C2)CC1. The first kappa shape index (κ1) is 12.1. The zero-order valence-electron chi connectivity index (χ0n) is 9.82. The maximum absolute atomic E-state index is 2.70. The van der Waals surface area contributed by atoms with Gasteiger partial charge in [0.15, 0.2) is 0 Å². The second kappa shape index (κ2) is 5.29. The summed E-state index contributed by atoms with van der Waals surface area (Å²) >= 11 is 2.57. The van der Waals surface area contributed by atoms with E-state index < -0.39 is 0 Å². The number of halogens is 1. The normalized spacial score (nSPS) is 36.2. The van der Waals surface area contributed by atoms with Gasteiger partial charge in [0.2, 0.25) is 0 Å². The molecule has 3 nitrogen and oxygen atoms in total. The standard InChI is InChI=1S/C11H22IN3/c1-3-14-4-6-15(7-5-14)10-8-11(12)13(2)9-10/h10-11H,3-9H2,1-2H3/t10-,11-/m0/s1. The van der Waals surface area contributed by atoms with E-state index in [-0.39, 0.29) is 0 Å². The summed E-state index contributed by atoms with van der Waals surface area (Å²) in [4.78, 5) is 7.73. The Hall–Kier alpha value is 0.610. The van der Waals surface area contributed by atoms with Gasteiger partial charge in [-0.1, -0.05) is 29.5 Å². The van der Waals surface area contributed by atoms with Crippen molar-refractivity contribution in [2.75, 3.05) is 46.3 Å². The fourth-order valence-electron chi connectivity index (χ4n) is 2.64. The summed E-state index contributed by atoms with van der Waals surface area (Å²) in [6.07, 6.45) is 1.35. The van der Waals surface area contributed by atoms with Crippen molar-refractivity contribution < 1.29 is 0 Å². The Labute approximate surface area is 107 Å². The van der Waals surface area contributed by atoms with Crippen molar-refractivity contribution in [2.45, 2.75) is 23.4 Å². The predicted molar refractivity (Wildman–Crippen MR) is 72.5 cm³/mol. The minimum atomic E-state index is 0.747. The van der Waals surface area contributed by atoms with Crippen LogP contribution in [-0.4, -0.2) is 71.1 Å². The van der Waals surface area contributed by atoms with Gasteiger partial charge in [-0.2, -0.15) is 0 Å². The second-order valence-corrected chi connectivity index (χ2v) is 6.17. The second-order valence-electron chi connectivity index (χ2n) is 4.73. The van der Waals surface area contributed by atoms with Crippen LogP contribution in [-0.2, 0) is 0 Å². The first-order chi connectivity index (χ1) is 7.20. The number of alkyl halides is 1. The molecule has 2 rings (SSSR count). The third-order valence-corrected chi connectivity index (χ3v) is 5.27. The molecule has 2 saturated heterocycles. The summed E-state index contributed by atoms with van der Waals surface area (Å²) in [5, 5.41) is 0. The number of rotatable bonds is 2. The highest BCUT2D eigenvalue weighted by atomic mass is 127. The van der Waals surface area contributed by atoms with E-state index >= 15 is 0 Å². The Morgan fingerprint density at radius 3 is 2.33 bits per heavy atom. The quantitative estimate of drug-likeness (QED) is 0.428. The first-order valence-electron chi connectivity index (χ1n) is 6.01. The maximum atomic E-state index is 2.70. The molecule has 0 aromatic carbocycles. The molecule has 0 aromatic rings. The molecule has 0 unspecified atom stereocenters. The van der Waals surface area contributed by atoms with Crippen molar-refractivity contribution in [3.63, 3.8) is 0 Å². The van der Waals surface area contributed by atoms with Crippen LogP contribution in [0.2, 0.25) is 0 Å². The Morgan fingerprint density at radius 1 is 1.20 bits per heavy atom. The van der Waals surface area contributed by atoms with Crippen molar-refractivity contribution in [1.29, 1.82) is 0 Å². The average Bonchev–Trinajstić information content (AvgIpc) is 2.59. The molecule has 0 spiro atoms. The lowest BCUT2D eigenvalue weighted by molar-refractivity contribution is 0.102. The number of nitrogens with zero attached hydrogens (tertiary/aromatic N) is 3. The molecule has 88 valence electrons. The molecule has 0 saturated carbocycles. The van der Waals surface area contributed by atoms with E-state index in [2.05, 4.69) is 51.3 Å². The van der Waals surface area contributed by atoms with Gasteiger partial charge in [0.25, 0.3) is 0 Å². The summed E-state index contributed by atoms with van der Waals surface area (Å²) in [6.45, 7) is 9.82. The molecular formula is C11H22IN3. The summed E-state index contributed by atoms with van der Waals surface area (Å²) < 4.78 is 0.747. The predicted octanol–water partition coefficient (Wildman–Crippen LogP) is 1.09. The van der Waals surface area contributed by atoms with Gasteiger partial charge in [0, 0.05) is 38.8 Å². The molecule has 0 aliphatic carbocycles. The molecule has 2 heterocycles. The maximum Gasteiger partial charge on any atom is 0.0632 e. The lowest BCUT2D eigenvalue weighted by Crippen LogP contribution is -2.50. The minimum Gasteiger partial charge on any atom is -0.301 e. The summed E-state index contributed by atoms with van der Waals surface area (Å²) in [7, 11) is 2.25. The van der Waals surface area contributed by atoms with E-state index in [4.69, 9.17) is 0 Å². The van der Waals surface area contributed by atoms with Gasteiger partial charge in [-0.3, -0.25) is 9.80 Å². The van der Waals surface area contributed by atoms with Gasteiger partial charge in [-0.15, -0.1) is 0 Å². The Morgan fingerprint density at radius 2 is 1.87 bits per heavy atom. The molecule has 4 heteroatoms. The first-order valence-corrected chi connectivity index (χ1v) is 7.26. The van der Waals surface area contributed by atoms with Gasteiger partial charge in [-0.05, 0) is 20.0 Å². The molecule has 15 heavy (non-hydrogen) atoms. The number of piperazine rings is 1. The van der Waals surface area contributed by atoms with Crippen molar-refractivity contribution in [2.24, 2.45) is 0 Å². The topological polar surface area (TPSA) is 9.72 Å². The Balaban J connectivity index is 1.81. The number of hydrogen-bond acceptors (Lipinski definition) is 3. The van der Waals surface area contributed by atoms with E-state index in [1.807, 2.05) is 0 Å². The third-order valence-electron chi connectivity index (χ3n) is 3.81. The molecule has 0 N–H and O–H groups in total. The Bertz CT molecular complexity index is 194. The molecule has 0 radical (unpaired) electrons. The van der Waals surface area contributed by atoms with E-state index in [0.29, 0.717) is 0 Å². The summed E-state index contributed by atoms with van der Waals surface area (Å²) in [5.41, 5.74) is 0. The van der Waals surface area contributed by atoms with E-state index in [9.17, 15) is 0 Å². The molecule has 2 atom stereocenters. The number of likely N-dealkylation sites (N-methyl/N-ethyl adjacent to an activating group) is 2. The van der Waals surface area contributed by atoms with Crippen LogP contribution in [0, 0.1) is 0 Å². The summed E-state index contributed by atoms with van der Waals surface area (Å²) in [5.74, 6) is 0. The fourth-order valence-corrected chi connectivity index (χ4v) is 3.45. The van der Waals surface area contributed by atoms with Gasteiger partial charge in [0.05, 0.1) is 4.05 Å². The van der Waals surface area contributed by atoms with Crippen LogP contribution in [0.25, 0.3) is 0 Å². The highest BCUT2D eigenvalue weighted by Crippen LogP contribution is 2.25. The molecule has 0 aromatic heterocycles. The third kappa shape index (κ3) is 2.84. The van der Waals surface area contributed by atoms with Crippen LogP contribution in [0.3, 0.4) is 0 Å². The minimum absolute atomic E-state index is 0.747. The van der Waals surface area contributed by atoms with Crippen molar-refractivity contribution >= 4 is 22.6 Å². The van der Waals surface area contributed by atoms with Gasteiger partial charge in [-0.25, -0.2) is 0 Å². The zero-order valence-corrected chi connectivity index (χ0v) is 12.0. The molecule has 0 bridgehead atoms. The lowest BCUT2D eigenvalue weighted by Gasteiger charge is -2.37. The van der Waals surface area contributed by atoms with E-state index in [1.54, 1.807) is 0 Å². The number of hydrogen-bond donors (Lipinski definition) is 0. The zero-order chi connectivity index (χ0) is 10.8. The van der Waals surface area contributed by atoms with Gasteiger partial charge < -0.3 is 4.90 Å².